The van der Waals surface area contributed by atoms with Gasteiger partial charge >= 0.3 is 5.97 Å². The smallest absolute Gasteiger partial charge is 0.303 e. The van der Waals surface area contributed by atoms with E-state index in [1.165, 1.54) is 0 Å². The molecule has 1 atom stereocenters. The Labute approximate surface area is 119 Å². The van der Waals surface area contributed by atoms with Gasteiger partial charge in [-0.15, -0.1) is 0 Å². The molecule has 1 aromatic rings. The van der Waals surface area contributed by atoms with Gasteiger partial charge in [0.25, 0.3) is 0 Å². The summed E-state index contributed by atoms with van der Waals surface area (Å²) in [6, 6.07) is 7.60. The molecule has 3 N–H and O–H groups in total. The normalized spacial score (nSPS) is 12.4. The summed E-state index contributed by atoms with van der Waals surface area (Å²) < 4.78 is 5.47. The highest BCUT2D eigenvalue weighted by Crippen LogP contribution is 2.13. The molecule has 0 aliphatic heterocycles. The average Bonchev–Trinajstić information content (AvgIpc) is 2.41. The highest BCUT2D eigenvalue weighted by atomic mass is 16.5. The number of carbonyl (C=O) groups is 1. The van der Waals surface area contributed by atoms with Crippen LogP contribution in [0.2, 0.25) is 0 Å². The number of hydrogen-bond acceptors (Lipinski definition) is 4. The standard InChI is InChI=1S/C15H23NO4/c1-11(2)16-9-13(17)10-20-14-6-3-12(4-7-14)5-8-15(18)19/h3-4,6-7,11,13,16-17H,5,8-10H2,1-2H3,(H,18,19)/t13-/m0/s1. The van der Waals surface area contributed by atoms with Crippen molar-refractivity contribution in [1.82, 2.24) is 5.32 Å². The van der Waals surface area contributed by atoms with Crippen LogP contribution in [0.4, 0.5) is 0 Å². The predicted molar refractivity (Wildman–Crippen MR) is 77.0 cm³/mol. The molecule has 0 bridgehead atoms. The third kappa shape index (κ3) is 7.11. The number of aliphatic hydroxyl groups is 1. The highest BCUT2D eigenvalue weighted by Gasteiger charge is 2.06. The minimum absolute atomic E-state index is 0.125. The number of carboxylic acid groups (broad SMARTS) is 1. The Bertz CT molecular complexity index is 403. The van der Waals surface area contributed by atoms with Crippen LogP contribution in [0.1, 0.15) is 25.8 Å². The molecule has 0 fully saturated rings. The number of hydrogen-bond donors (Lipinski definition) is 3. The maximum absolute atomic E-state index is 10.5. The Morgan fingerprint density at radius 1 is 1.30 bits per heavy atom. The van der Waals surface area contributed by atoms with Gasteiger partial charge in [-0.3, -0.25) is 4.79 Å². The van der Waals surface area contributed by atoms with Crippen LogP contribution in [0.25, 0.3) is 0 Å². The topological polar surface area (TPSA) is 78.8 Å². The molecule has 0 aromatic heterocycles. The van der Waals surface area contributed by atoms with Crippen LogP contribution in [0.3, 0.4) is 0 Å². The number of aliphatic hydroxyl groups excluding tert-OH is 1. The minimum atomic E-state index is -0.800. The van der Waals surface area contributed by atoms with Gasteiger partial charge in [-0.1, -0.05) is 26.0 Å². The van der Waals surface area contributed by atoms with Crippen molar-refractivity contribution in [3.63, 3.8) is 0 Å². The summed E-state index contributed by atoms with van der Waals surface area (Å²) in [6.07, 6.45) is 0.0835. The zero-order valence-corrected chi connectivity index (χ0v) is 12.0. The fourth-order valence-electron chi connectivity index (χ4n) is 1.63. The van der Waals surface area contributed by atoms with E-state index in [9.17, 15) is 9.90 Å². The monoisotopic (exact) mass is 281 g/mol. The van der Waals surface area contributed by atoms with Gasteiger partial charge in [0.05, 0.1) is 0 Å². The van der Waals surface area contributed by atoms with E-state index in [4.69, 9.17) is 9.84 Å². The van der Waals surface area contributed by atoms with Gasteiger partial charge in [-0.25, -0.2) is 0 Å². The van der Waals surface area contributed by atoms with E-state index in [1.54, 1.807) is 12.1 Å². The van der Waals surface area contributed by atoms with Gasteiger partial charge in [0.15, 0.2) is 0 Å². The molecule has 0 heterocycles. The molecule has 0 unspecified atom stereocenters. The van der Waals surface area contributed by atoms with Gasteiger partial charge in [-0.05, 0) is 24.1 Å². The maximum atomic E-state index is 10.5. The molecule has 0 spiro atoms. The zero-order valence-electron chi connectivity index (χ0n) is 12.0. The van der Waals surface area contributed by atoms with Crippen LogP contribution in [-0.4, -0.2) is 41.5 Å². The molecule has 0 radical (unpaired) electrons. The summed E-state index contributed by atoms with van der Waals surface area (Å²) in [5.74, 6) is -0.126. The van der Waals surface area contributed by atoms with Gasteiger partial charge < -0.3 is 20.3 Å². The van der Waals surface area contributed by atoms with Crippen molar-refractivity contribution in [2.45, 2.75) is 38.8 Å². The summed E-state index contributed by atoms with van der Waals surface area (Å²) in [7, 11) is 0. The number of aryl methyl sites for hydroxylation is 1. The van der Waals surface area contributed by atoms with Crippen molar-refractivity contribution in [2.24, 2.45) is 0 Å². The van der Waals surface area contributed by atoms with E-state index in [0.29, 0.717) is 24.8 Å². The van der Waals surface area contributed by atoms with Crippen LogP contribution in [0.5, 0.6) is 5.75 Å². The second kappa shape index (κ2) is 8.55. The predicted octanol–water partition coefficient (Wildman–Crippen LogP) is 1.44. The van der Waals surface area contributed by atoms with Crippen LogP contribution in [0.15, 0.2) is 24.3 Å². The average molecular weight is 281 g/mol. The second-order valence-corrected chi connectivity index (χ2v) is 5.07. The Morgan fingerprint density at radius 2 is 1.95 bits per heavy atom. The molecular formula is C15H23NO4. The van der Waals surface area contributed by atoms with E-state index < -0.39 is 12.1 Å². The van der Waals surface area contributed by atoms with E-state index in [1.807, 2.05) is 26.0 Å². The van der Waals surface area contributed by atoms with Gasteiger partial charge in [-0.2, -0.15) is 0 Å². The Balaban J connectivity index is 2.32. The molecule has 1 aromatic carbocycles. The Hall–Kier alpha value is -1.59. The summed E-state index contributed by atoms with van der Waals surface area (Å²) in [5, 5.41) is 21.4. The first kappa shape index (κ1) is 16.5. The van der Waals surface area contributed by atoms with Crippen molar-refractivity contribution in [1.29, 1.82) is 0 Å². The molecule has 112 valence electrons. The van der Waals surface area contributed by atoms with Crippen LogP contribution < -0.4 is 10.1 Å². The fraction of sp³-hybridized carbons (Fsp3) is 0.533. The largest absolute Gasteiger partial charge is 0.491 e. The number of ether oxygens (including phenoxy) is 1. The summed E-state index contributed by atoms with van der Waals surface area (Å²) >= 11 is 0. The molecule has 0 aliphatic rings. The molecule has 20 heavy (non-hydrogen) atoms. The maximum Gasteiger partial charge on any atom is 0.303 e. The zero-order chi connectivity index (χ0) is 15.0. The number of nitrogens with one attached hydrogen (secondary N) is 1. The van der Waals surface area contributed by atoms with Gasteiger partial charge in [0.1, 0.15) is 18.5 Å². The molecule has 5 heteroatoms. The first-order valence-corrected chi connectivity index (χ1v) is 6.82. The molecule has 0 saturated heterocycles. The van der Waals surface area contributed by atoms with Crippen molar-refractivity contribution < 1.29 is 19.7 Å². The van der Waals surface area contributed by atoms with Crippen LogP contribution in [-0.2, 0) is 11.2 Å². The Kier molecular flexibility index (Phi) is 7.04. The Morgan fingerprint density at radius 3 is 2.50 bits per heavy atom. The molecule has 5 nitrogen and oxygen atoms in total. The SMILES string of the molecule is CC(C)NC[C@H](O)COc1ccc(CCC(=O)O)cc1. The minimum Gasteiger partial charge on any atom is -0.491 e. The summed E-state index contributed by atoms with van der Waals surface area (Å²) in [6.45, 7) is 4.76. The quantitative estimate of drug-likeness (QED) is 0.638. The summed E-state index contributed by atoms with van der Waals surface area (Å²) in [5.41, 5.74) is 0.960. The number of carboxylic acids is 1. The van der Waals surface area contributed by atoms with Crippen LogP contribution in [0, 0.1) is 0 Å². The van der Waals surface area contributed by atoms with E-state index in [2.05, 4.69) is 5.32 Å². The molecule has 0 saturated carbocycles. The lowest BCUT2D eigenvalue weighted by atomic mass is 10.1. The fourth-order valence-corrected chi connectivity index (χ4v) is 1.63. The van der Waals surface area contributed by atoms with Crippen molar-refractivity contribution >= 4 is 5.97 Å². The molecule has 0 amide bonds. The first-order valence-electron chi connectivity index (χ1n) is 6.82. The number of aliphatic carboxylic acids is 1. The van der Waals surface area contributed by atoms with Crippen molar-refractivity contribution in [3.05, 3.63) is 29.8 Å². The van der Waals surface area contributed by atoms with E-state index in [0.717, 1.165) is 5.56 Å². The molecular weight excluding hydrogens is 258 g/mol. The lowest BCUT2D eigenvalue weighted by molar-refractivity contribution is -0.136. The first-order chi connectivity index (χ1) is 9.47. The molecule has 0 aliphatic carbocycles. The third-order valence-electron chi connectivity index (χ3n) is 2.76. The molecule has 1 rings (SSSR count). The van der Waals surface area contributed by atoms with Gasteiger partial charge in [0.2, 0.25) is 0 Å². The van der Waals surface area contributed by atoms with E-state index >= 15 is 0 Å². The van der Waals surface area contributed by atoms with E-state index in [-0.39, 0.29) is 13.0 Å². The highest BCUT2D eigenvalue weighted by molar-refractivity contribution is 5.67. The number of rotatable bonds is 9. The third-order valence-corrected chi connectivity index (χ3v) is 2.76. The van der Waals surface area contributed by atoms with Crippen molar-refractivity contribution in [2.75, 3.05) is 13.2 Å². The second-order valence-electron chi connectivity index (χ2n) is 5.07. The number of benzene rings is 1. The summed E-state index contributed by atoms with van der Waals surface area (Å²) in [4.78, 5) is 10.5. The van der Waals surface area contributed by atoms with Gasteiger partial charge in [0, 0.05) is 19.0 Å². The van der Waals surface area contributed by atoms with Crippen molar-refractivity contribution in [3.8, 4) is 5.75 Å². The lowest BCUT2D eigenvalue weighted by Gasteiger charge is -2.15. The van der Waals surface area contributed by atoms with Crippen LogP contribution >= 0.6 is 0 Å². The lowest BCUT2D eigenvalue weighted by Crippen LogP contribution is -2.35.